The van der Waals surface area contributed by atoms with Gasteiger partial charge in [-0.3, -0.25) is 9.59 Å². The van der Waals surface area contributed by atoms with Gasteiger partial charge in [0.25, 0.3) is 0 Å². The van der Waals surface area contributed by atoms with Crippen molar-refractivity contribution in [2.45, 2.75) is 64.8 Å². The summed E-state index contributed by atoms with van der Waals surface area (Å²) in [5.74, 6) is -1.98. The average molecular weight is 483 g/mol. The predicted octanol–water partition coefficient (Wildman–Crippen LogP) is 3.60. The number of carbonyl (C=O) groups excluding carboxylic acids is 4. The predicted molar refractivity (Wildman–Crippen MR) is 122 cm³/mol. The van der Waals surface area contributed by atoms with E-state index in [1.54, 1.807) is 39.8 Å². The van der Waals surface area contributed by atoms with Crippen LogP contribution in [0.5, 0.6) is 0 Å². The van der Waals surface area contributed by atoms with Gasteiger partial charge in [0, 0.05) is 11.5 Å². The number of furan rings is 1. The SMILES string of the molecule is COC(=O)C1OC12C(C)(C(=O)c1ccoc1)CCC1C3(C)C=CC(=O)OC(C)(C)C3=CC(=O)C12C. The molecule has 8 heteroatoms. The molecule has 0 aromatic carbocycles. The summed E-state index contributed by atoms with van der Waals surface area (Å²) >= 11 is 0. The second-order valence-corrected chi connectivity index (χ2v) is 11.2. The Bertz CT molecular complexity index is 1210. The molecule has 8 nitrogen and oxygen atoms in total. The third-order valence-corrected chi connectivity index (χ3v) is 9.20. The molecule has 6 atom stereocenters. The molecule has 1 aromatic rings. The third kappa shape index (κ3) is 2.71. The van der Waals surface area contributed by atoms with Crippen LogP contribution >= 0.6 is 0 Å². The van der Waals surface area contributed by atoms with Gasteiger partial charge in [0.15, 0.2) is 17.7 Å². The molecular formula is C27H30O8. The summed E-state index contributed by atoms with van der Waals surface area (Å²) in [4.78, 5) is 53.3. The normalized spacial score (nSPS) is 41.3. The molecule has 1 spiro atoms. The Kier molecular flexibility index (Phi) is 4.77. The Morgan fingerprint density at radius 1 is 1.11 bits per heavy atom. The molecule has 2 aliphatic carbocycles. The average Bonchev–Trinajstić information content (AvgIpc) is 3.36. The first-order valence-corrected chi connectivity index (χ1v) is 11.8. The van der Waals surface area contributed by atoms with Crippen molar-refractivity contribution >= 4 is 23.5 Å². The lowest BCUT2D eigenvalue weighted by Gasteiger charge is -2.60. The van der Waals surface area contributed by atoms with Crippen LogP contribution in [0.3, 0.4) is 0 Å². The van der Waals surface area contributed by atoms with Crippen molar-refractivity contribution in [3.05, 3.63) is 48.0 Å². The summed E-state index contributed by atoms with van der Waals surface area (Å²) < 4.78 is 22.0. The summed E-state index contributed by atoms with van der Waals surface area (Å²) in [6.45, 7) is 9.08. The van der Waals surface area contributed by atoms with Crippen LogP contribution in [0.25, 0.3) is 0 Å². The van der Waals surface area contributed by atoms with Crippen LogP contribution in [-0.4, -0.2) is 47.9 Å². The van der Waals surface area contributed by atoms with Crippen molar-refractivity contribution < 1.29 is 37.8 Å². The fraction of sp³-hybridized carbons (Fsp3) is 0.556. The van der Waals surface area contributed by atoms with E-state index in [1.165, 1.54) is 31.8 Å². The van der Waals surface area contributed by atoms with Crippen LogP contribution in [0.15, 0.2) is 46.8 Å². The van der Waals surface area contributed by atoms with Crippen LogP contribution in [0.4, 0.5) is 0 Å². The number of ketones is 2. The van der Waals surface area contributed by atoms with Crippen molar-refractivity contribution in [1.82, 2.24) is 0 Å². The van der Waals surface area contributed by atoms with E-state index in [0.717, 1.165) is 0 Å². The van der Waals surface area contributed by atoms with Crippen molar-refractivity contribution in [2.75, 3.05) is 7.11 Å². The van der Waals surface area contributed by atoms with E-state index in [1.807, 2.05) is 6.92 Å². The molecule has 2 aliphatic heterocycles. The fourth-order valence-corrected chi connectivity index (χ4v) is 7.51. The number of hydrogen-bond acceptors (Lipinski definition) is 8. The largest absolute Gasteiger partial charge is 0.472 e. The van der Waals surface area contributed by atoms with Gasteiger partial charge in [-0.1, -0.05) is 13.0 Å². The minimum atomic E-state index is -1.43. The molecule has 6 unspecified atom stereocenters. The number of allylic oxidation sites excluding steroid dienone is 2. The highest BCUT2D eigenvalue weighted by Gasteiger charge is 2.85. The highest BCUT2D eigenvalue weighted by molar-refractivity contribution is 6.06. The number of esters is 2. The second kappa shape index (κ2) is 7.03. The van der Waals surface area contributed by atoms with Gasteiger partial charge >= 0.3 is 11.9 Å². The number of ether oxygens (including phenoxy) is 3. The number of hydrogen-bond donors (Lipinski definition) is 0. The van der Waals surface area contributed by atoms with Gasteiger partial charge in [0.1, 0.15) is 17.5 Å². The molecule has 35 heavy (non-hydrogen) atoms. The summed E-state index contributed by atoms with van der Waals surface area (Å²) in [5, 5.41) is 0. The lowest BCUT2D eigenvalue weighted by atomic mass is 9.40. The zero-order chi connectivity index (χ0) is 25.6. The van der Waals surface area contributed by atoms with Gasteiger partial charge < -0.3 is 18.6 Å². The number of cyclic esters (lactones) is 1. The number of carbonyl (C=O) groups is 4. The smallest absolute Gasteiger partial charge is 0.338 e. The first-order chi connectivity index (χ1) is 16.3. The summed E-state index contributed by atoms with van der Waals surface area (Å²) in [6, 6.07) is 1.58. The molecule has 5 rings (SSSR count). The second-order valence-electron chi connectivity index (χ2n) is 11.2. The standard InChI is InChI=1S/C27H30O8/c1-23(2)17-13-18(28)26(5)16(24(17,3)10-8-19(29)34-23)7-11-25(4,20(30)15-9-12-33-14-15)27(26)21(35-27)22(31)32-6/h8-10,12-14,16,21H,7,11H2,1-6H3. The van der Waals surface area contributed by atoms with E-state index in [2.05, 4.69) is 0 Å². The highest BCUT2D eigenvalue weighted by atomic mass is 16.7. The maximum absolute atomic E-state index is 14.1. The topological polar surface area (TPSA) is 112 Å². The van der Waals surface area contributed by atoms with Gasteiger partial charge in [0.05, 0.1) is 29.8 Å². The quantitative estimate of drug-likeness (QED) is 0.365. The number of epoxide rings is 1. The van der Waals surface area contributed by atoms with Gasteiger partial charge in [-0.05, 0) is 64.2 Å². The van der Waals surface area contributed by atoms with Crippen molar-refractivity contribution in [3.8, 4) is 0 Å². The van der Waals surface area contributed by atoms with Crippen molar-refractivity contribution in [3.63, 3.8) is 0 Å². The lowest BCUT2D eigenvalue weighted by molar-refractivity contribution is -0.156. The Balaban J connectivity index is 1.74. The van der Waals surface area contributed by atoms with Crippen LogP contribution in [0.2, 0.25) is 0 Å². The number of rotatable bonds is 3. The Hall–Kier alpha value is -3.00. The highest BCUT2D eigenvalue weighted by Crippen LogP contribution is 2.74. The van der Waals surface area contributed by atoms with E-state index in [9.17, 15) is 19.2 Å². The first-order valence-electron chi connectivity index (χ1n) is 11.8. The molecule has 3 heterocycles. The summed E-state index contributed by atoms with van der Waals surface area (Å²) in [7, 11) is 1.26. The monoisotopic (exact) mass is 482 g/mol. The van der Waals surface area contributed by atoms with E-state index in [-0.39, 0.29) is 17.5 Å². The summed E-state index contributed by atoms with van der Waals surface area (Å²) in [6.07, 6.45) is 7.30. The van der Waals surface area contributed by atoms with E-state index < -0.39 is 45.5 Å². The Morgan fingerprint density at radius 2 is 1.83 bits per heavy atom. The molecule has 0 radical (unpaired) electrons. The van der Waals surface area contributed by atoms with Crippen molar-refractivity contribution in [2.24, 2.45) is 22.2 Å². The van der Waals surface area contributed by atoms with Crippen LogP contribution in [0, 0.1) is 22.2 Å². The molecular weight excluding hydrogens is 452 g/mol. The maximum atomic E-state index is 14.1. The molecule has 0 N–H and O–H groups in total. The zero-order valence-corrected chi connectivity index (χ0v) is 20.8. The molecule has 0 bridgehead atoms. The van der Waals surface area contributed by atoms with Gasteiger partial charge in [-0.15, -0.1) is 0 Å². The minimum Gasteiger partial charge on any atom is -0.472 e. The number of methoxy groups -OCH3 is 1. The molecule has 0 amide bonds. The van der Waals surface area contributed by atoms with Crippen LogP contribution < -0.4 is 0 Å². The van der Waals surface area contributed by atoms with Gasteiger partial charge in [-0.25, -0.2) is 9.59 Å². The molecule has 186 valence electrons. The number of fused-ring (bicyclic) bond motifs is 4. The molecule has 1 saturated heterocycles. The molecule has 4 aliphatic rings. The Labute approximate surface area is 203 Å². The van der Waals surface area contributed by atoms with Crippen LogP contribution in [0.1, 0.15) is 57.8 Å². The van der Waals surface area contributed by atoms with Gasteiger partial charge in [-0.2, -0.15) is 0 Å². The molecule has 1 saturated carbocycles. The third-order valence-electron chi connectivity index (χ3n) is 9.20. The van der Waals surface area contributed by atoms with Crippen LogP contribution in [-0.2, 0) is 28.6 Å². The minimum absolute atomic E-state index is 0.250. The van der Waals surface area contributed by atoms with E-state index in [4.69, 9.17) is 18.6 Å². The van der Waals surface area contributed by atoms with E-state index in [0.29, 0.717) is 24.0 Å². The summed E-state index contributed by atoms with van der Waals surface area (Å²) in [5.41, 5.74) is -4.61. The van der Waals surface area contributed by atoms with Gasteiger partial charge in [0.2, 0.25) is 0 Å². The van der Waals surface area contributed by atoms with E-state index >= 15 is 0 Å². The number of Topliss-reactive ketones (excluding diaryl/α,β-unsaturated/α-hetero) is 1. The lowest BCUT2D eigenvalue weighted by Crippen LogP contribution is -2.67. The fourth-order valence-electron chi connectivity index (χ4n) is 7.51. The van der Waals surface area contributed by atoms with Crippen molar-refractivity contribution in [1.29, 1.82) is 0 Å². The molecule has 1 aromatic heterocycles. The zero-order valence-electron chi connectivity index (χ0n) is 20.8. The maximum Gasteiger partial charge on any atom is 0.338 e. The molecule has 2 fully saturated rings. The first kappa shape index (κ1) is 23.7. The Morgan fingerprint density at radius 3 is 2.46 bits per heavy atom.